The van der Waals surface area contributed by atoms with Crippen molar-refractivity contribution >= 4 is 21.6 Å². The molecule has 3 aliphatic rings. The Morgan fingerprint density at radius 1 is 1.25 bits per heavy atom. The van der Waals surface area contributed by atoms with E-state index in [4.69, 9.17) is 9.88 Å². The summed E-state index contributed by atoms with van der Waals surface area (Å²) in [6, 6.07) is 0.755. The summed E-state index contributed by atoms with van der Waals surface area (Å²) >= 11 is 0. The molecular formula is C18H20FN5O3S. The normalized spacial score (nSPS) is 19.1. The summed E-state index contributed by atoms with van der Waals surface area (Å²) < 4.78 is 38.0. The van der Waals surface area contributed by atoms with Crippen LogP contribution in [0, 0.1) is 5.82 Å². The third kappa shape index (κ3) is 2.75. The predicted octanol–water partition coefficient (Wildman–Crippen LogP) is 2.07. The van der Waals surface area contributed by atoms with Gasteiger partial charge in [0.25, 0.3) is 0 Å². The highest BCUT2D eigenvalue weighted by molar-refractivity contribution is 7.91. The maximum atomic E-state index is 14.5. The first-order valence-electron chi connectivity index (χ1n) is 9.29. The molecule has 2 aromatic rings. The lowest BCUT2D eigenvalue weighted by molar-refractivity contribution is 0.0799. The fourth-order valence-corrected chi connectivity index (χ4v) is 5.09. The van der Waals surface area contributed by atoms with Crippen molar-refractivity contribution in [2.24, 2.45) is 9.50 Å². The van der Waals surface area contributed by atoms with Crippen molar-refractivity contribution in [1.29, 1.82) is 0 Å². The van der Waals surface area contributed by atoms with Crippen LogP contribution in [0.2, 0.25) is 0 Å². The SMILES string of the molecule is NS(=O)(=NC(=O)Nc1c2c(c(F)c3c1CC3)CCC2)c1cc2n(n1)CCOC2. The van der Waals surface area contributed by atoms with Crippen molar-refractivity contribution in [3.8, 4) is 0 Å². The number of hydrogen-bond donors (Lipinski definition) is 2. The van der Waals surface area contributed by atoms with Crippen molar-refractivity contribution in [1.82, 2.24) is 9.78 Å². The standard InChI is InChI=1S/C18H20FN5O3S/c19-16-11-2-1-3-13(11)17(14-5-4-12(14)16)21-18(25)23-28(20,26)15-8-10-9-27-7-6-24(10)22-15/h8H,1-7,9H2,(H3,20,21,23,25,26). The number of ether oxygens (including phenoxy) is 1. The molecular weight excluding hydrogens is 385 g/mol. The van der Waals surface area contributed by atoms with Gasteiger partial charge in [-0.25, -0.2) is 18.5 Å². The first-order chi connectivity index (χ1) is 13.4. The zero-order valence-corrected chi connectivity index (χ0v) is 16.0. The predicted molar refractivity (Wildman–Crippen MR) is 99.8 cm³/mol. The molecule has 148 valence electrons. The Hall–Kier alpha value is -2.30. The quantitative estimate of drug-likeness (QED) is 0.797. The van der Waals surface area contributed by atoms with Crippen LogP contribution in [-0.4, -0.2) is 26.6 Å². The lowest BCUT2D eigenvalue weighted by Crippen LogP contribution is -2.22. The van der Waals surface area contributed by atoms with Gasteiger partial charge < -0.3 is 10.1 Å². The molecule has 0 spiro atoms. The Labute approximate surface area is 161 Å². The Balaban J connectivity index is 1.47. The zero-order chi connectivity index (χ0) is 19.5. The van der Waals surface area contributed by atoms with Crippen molar-refractivity contribution in [2.45, 2.75) is 50.3 Å². The number of benzene rings is 1. The van der Waals surface area contributed by atoms with Gasteiger partial charge in [-0.15, -0.1) is 4.36 Å². The van der Waals surface area contributed by atoms with E-state index < -0.39 is 15.9 Å². The zero-order valence-electron chi connectivity index (χ0n) is 15.2. The van der Waals surface area contributed by atoms with E-state index in [0.29, 0.717) is 62.3 Å². The number of aromatic nitrogens is 2. The summed E-state index contributed by atoms with van der Waals surface area (Å²) in [6.45, 7) is 1.39. The molecule has 0 radical (unpaired) electrons. The van der Waals surface area contributed by atoms with Gasteiger partial charge >= 0.3 is 6.03 Å². The van der Waals surface area contributed by atoms with Crippen LogP contribution in [0.1, 0.15) is 34.4 Å². The molecule has 1 aromatic carbocycles. The van der Waals surface area contributed by atoms with Gasteiger partial charge in [-0.05, 0) is 54.4 Å². The van der Waals surface area contributed by atoms with Gasteiger partial charge in [-0.1, -0.05) is 0 Å². The molecule has 2 heterocycles. The highest BCUT2D eigenvalue weighted by atomic mass is 32.2. The summed E-state index contributed by atoms with van der Waals surface area (Å²) in [6.07, 6.45) is 3.61. The monoisotopic (exact) mass is 405 g/mol. The number of nitrogens with one attached hydrogen (secondary N) is 1. The van der Waals surface area contributed by atoms with E-state index in [2.05, 4.69) is 14.8 Å². The summed E-state index contributed by atoms with van der Waals surface area (Å²) in [4.78, 5) is 12.5. The van der Waals surface area contributed by atoms with Gasteiger partial charge in [0.05, 0.1) is 25.5 Å². The molecule has 28 heavy (non-hydrogen) atoms. The van der Waals surface area contributed by atoms with Crippen LogP contribution >= 0.6 is 0 Å². The molecule has 2 aliphatic carbocycles. The minimum atomic E-state index is -3.50. The molecule has 3 N–H and O–H groups in total. The fraction of sp³-hybridized carbons (Fsp3) is 0.444. The Morgan fingerprint density at radius 2 is 1.96 bits per heavy atom. The first-order valence-corrected chi connectivity index (χ1v) is 10.9. The van der Waals surface area contributed by atoms with Crippen LogP contribution in [0.25, 0.3) is 0 Å². The Bertz CT molecular complexity index is 1110. The van der Waals surface area contributed by atoms with E-state index in [1.807, 2.05) is 0 Å². The third-order valence-electron chi connectivity index (χ3n) is 5.63. The van der Waals surface area contributed by atoms with E-state index in [0.717, 1.165) is 23.2 Å². The van der Waals surface area contributed by atoms with E-state index in [1.165, 1.54) is 0 Å². The summed E-state index contributed by atoms with van der Waals surface area (Å²) in [7, 11) is -3.50. The van der Waals surface area contributed by atoms with E-state index in [9.17, 15) is 13.4 Å². The van der Waals surface area contributed by atoms with Crippen LogP contribution in [-0.2, 0) is 53.5 Å². The molecule has 1 aliphatic heterocycles. The number of nitrogens with zero attached hydrogens (tertiary/aromatic N) is 3. The number of carbonyl (C=O) groups is 1. The summed E-state index contributed by atoms with van der Waals surface area (Å²) in [5.74, 6) is -0.128. The summed E-state index contributed by atoms with van der Waals surface area (Å²) in [5, 5.41) is 12.8. The Morgan fingerprint density at radius 3 is 2.71 bits per heavy atom. The van der Waals surface area contributed by atoms with Gasteiger partial charge in [0.1, 0.15) is 5.82 Å². The third-order valence-corrected chi connectivity index (χ3v) is 6.86. The summed E-state index contributed by atoms with van der Waals surface area (Å²) in [5.41, 5.74) is 4.37. The second-order valence-electron chi connectivity index (χ2n) is 7.30. The number of hydrogen-bond acceptors (Lipinski definition) is 4. The average Bonchev–Trinajstić information content (AvgIpc) is 3.26. The number of rotatable bonds is 2. The molecule has 0 saturated heterocycles. The number of urea groups is 1. The topological polar surface area (TPSA) is 112 Å². The lowest BCUT2D eigenvalue weighted by Gasteiger charge is -2.26. The highest BCUT2D eigenvalue weighted by Crippen LogP contribution is 2.42. The molecule has 5 rings (SSSR count). The molecule has 2 amide bonds. The van der Waals surface area contributed by atoms with Crippen LogP contribution in [0.5, 0.6) is 0 Å². The number of anilines is 1. The van der Waals surface area contributed by atoms with Crippen LogP contribution in [0.3, 0.4) is 0 Å². The molecule has 1 unspecified atom stereocenters. The maximum Gasteiger partial charge on any atom is 0.354 e. The number of fused-ring (bicyclic) bond motifs is 3. The maximum absolute atomic E-state index is 14.5. The second kappa shape index (κ2) is 6.36. The first kappa shape index (κ1) is 17.8. The largest absolute Gasteiger partial charge is 0.373 e. The van der Waals surface area contributed by atoms with Crippen molar-refractivity contribution in [3.63, 3.8) is 0 Å². The fourth-order valence-electron chi connectivity index (χ4n) is 4.18. The highest BCUT2D eigenvalue weighted by Gasteiger charge is 2.31. The number of amides is 2. The van der Waals surface area contributed by atoms with Crippen LogP contribution < -0.4 is 10.5 Å². The van der Waals surface area contributed by atoms with Gasteiger partial charge in [-0.3, -0.25) is 4.68 Å². The average molecular weight is 405 g/mol. The van der Waals surface area contributed by atoms with E-state index in [1.54, 1.807) is 10.7 Å². The minimum absolute atomic E-state index is 0.0560. The number of nitrogens with two attached hydrogens (primary N) is 1. The minimum Gasteiger partial charge on any atom is -0.373 e. The van der Waals surface area contributed by atoms with Crippen molar-refractivity contribution in [2.75, 3.05) is 11.9 Å². The number of halogens is 1. The van der Waals surface area contributed by atoms with Crippen LogP contribution in [0.4, 0.5) is 14.9 Å². The smallest absolute Gasteiger partial charge is 0.354 e. The van der Waals surface area contributed by atoms with Crippen LogP contribution in [0.15, 0.2) is 15.5 Å². The van der Waals surface area contributed by atoms with Gasteiger partial charge in [-0.2, -0.15) is 5.10 Å². The van der Waals surface area contributed by atoms with Gasteiger partial charge in [0.2, 0.25) is 0 Å². The number of carbonyl (C=O) groups excluding carboxylic acids is 1. The molecule has 0 fully saturated rings. The van der Waals surface area contributed by atoms with Crippen molar-refractivity contribution in [3.05, 3.63) is 39.8 Å². The Kier molecular flexibility index (Phi) is 4.04. The van der Waals surface area contributed by atoms with Gasteiger partial charge in [0, 0.05) is 11.8 Å². The molecule has 1 aromatic heterocycles. The molecule has 10 heteroatoms. The molecule has 0 bridgehead atoms. The van der Waals surface area contributed by atoms with Gasteiger partial charge in [0.15, 0.2) is 14.9 Å². The van der Waals surface area contributed by atoms with E-state index in [-0.39, 0.29) is 10.8 Å². The molecule has 8 nitrogen and oxygen atoms in total. The van der Waals surface area contributed by atoms with Crippen molar-refractivity contribution < 1.29 is 18.1 Å². The van der Waals surface area contributed by atoms with E-state index >= 15 is 0 Å². The second-order valence-corrected chi connectivity index (χ2v) is 9.03. The molecule has 1 atom stereocenters. The molecule has 0 saturated carbocycles. The lowest BCUT2D eigenvalue weighted by atomic mass is 9.83.